The molecule has 0 saturated heterocycles. The summed E-state index contributed by atoms with van der Waals surface area (Å²) in [7, 11) is 1.71. The van der Waals surface area contributed by atoms with Gasteiger partial charge in [0, 0.05) is 28.5 Å². The monoisotopic (exact) mass is 479 g/mol. The lowest BCUT2D eigenvalue weighted by Crippen LogP contribution is -2.14. The Hall–Kier alpha value is -3.79. The molecule has 0 spiro atoms. The first kappa shape index (κ1) is 25.3. The van der Waals surface area contributed by atoms with Crippen LogP contribution in [-0.4, -0.2) is 12.1 Å². The molecule has 3 aromatic carbocycles. The summed E-state index contributed by atoms with van der Waals surface area (Å²) >= 11 is 0. The van der Waals surface area contributed by atoms with Crippen LogP contribution >= 0.6 is 0 Å². The summed E-state index contributed by atoms with van der Waals surface area (Å²) in [4.78, 5) is 4.60. The lowest BCUT2D eigenvalue weighted by molar-refractivity contribution is 0.416. The van der Waals surface area contributed by atoms with Crippen molar-refractivity contribution in [3.63, 3.8) is 0 Å². The minimum absolute atomic E-state index is 0.0417. The molecule has 0 aliphatic carbocycles. The number of allylic oxidation sites excluding steroid dienone is 1. The minimum atomic E-state index is 0.0417. The van der Waals surface area contributed by atoms with E-state index in [0.717, 1.165) is 46.0 Å². The van der Waals surface area contributed by atoms with E-state index < -0.39 is 0 Å². The second-order valence-corrected chi connectivity index (χ2v) is 10.3. The average Bonchev–Trinajstić information content (AvgIpc) is 2.85. The fourth-order valence-corrected chi connectivity index (χ4v) is 4.35. The number of nitrogens with zero attached hydrogens (tertiary/aromatic N) is 1. The topological polar surface area (TPSA) is 46.2 Å². The number of nitrogens with one attached hydrogen (secondary N) is 2. The first-order chi connectivity index (χ1) is 17.2. The quantitative estimate of drug-likeness (QED) is 0.278. The molecule has 4 nitrogen and oxygen atoms in total. The molecule has 0 atom stereocenters. The Morgan fingerprint density at radius 1 is 0.917 bits per heavy atom. The standard InChI is InChI=1S/C32H37N3O/c1-8-11-31(35-29-19-24(32(4,5)6)14-17-30(29)36-7)34-28-16-15-25(26-12-9-10-13-27(26)28)23-18-21(2)22(3)33-20-23/h9-20,34-35H,8H2,1-7H3. The summed E-state index contributed by atoms with van der Waals surface area (Å²) in [5.74, 6) is 1.74. The van der Waals surface area contributed by atoms with Crippen molar-refractivity contribution in [2.75, 3.05) is 17.7 Å². The molecule has 36 heavy (non-hydrogen) atoms. The van der Waals surface area contributed by atoms with Crippen molar-refractivity contribution in [3.8, 4) is 16.9 Å². The Labute approximate surface area is 215 Å². The molecular weight excluding hydrogens is 442 g/mol. The van der Waals surface area contributed by atoms with Crippen molar-refractivity contribution in [3.05, 3.63) is 95.6 Å². The predicted molar refractivity (Wildman–Crippen MR) is 154 cm³/mol. The molecule has 0 aliphatic rings. The van der Waals surface area contributed by atoms with Gasteiger partial charge in [0.05, 0.1) is 12.8 Å². The van der Waals surface area contributed by atoms with Crippen LogP contribution in [-0.2, 0) is 5.41 Å². The third-order valence-corrected chi connectivity index (χ3v) is 6.59. The summed E-state index contributed by atoms with van der Waals surface area (Å²) < 4.78 is 5.67. The van der Waals surface area contributed by atoms with Gasteiger partial charge in [0.2, 0.25) is 0 Å². The lowest BCUT2D eigenvalue weighted by atomic mass is 9.87. The highest BCUT2D eigenvalue weighted by Crippen LogP contribution is 2.36. The SMILES string of the molecule is CCC=C(Nc1cc(C(C)(C)C)ccc1OC)Nc1ccc(-c2cnc(C)c(C)c2)c2ccccc12. The first-order valence-electron chi connectivity index (χ1n) is 12.6. The van der Waals surface area contributed by atoms with Crippen LogP contribution in [0.4, 0.5) is 11.4 Å². The summed E-state index contributed by atoms with van der Waals surface area (Å²) in [6.45, 7) is 13.0. The Bertz CT molecular complexity index is 1410. The van der Waals surface area contributed by atoms with Crippen molar-refractivity contribution in [2.24, 2.45) is 0 Å². The van der Waals surface area contributed by atoms with Gasteiger partial charge in [0.1, 0.15) is 11.6 Å². The summed E-state index contributed by atoms with van der Waals surface area (Å²) in [5, 5.41) is 9.61. The molecule has 0 radical (unpaired) electrons. The molecule has 4 aromatic rings. The Kier molecular flexibility index (Phi) is 7.35. The van der Waals surface area contributed by atoms with Crippen LogP contribution in [0.3, 0.4) is 0 Å². The highest BCUT2D eigenvalue weighted by Gasteiger charge is 2.17. The third kappa shape index (κ3) is 5.38. The molecule has 0 saturated carbocycles. The number of hydrogen-bond acceptors (Lipinski definition) is 4. The second-order valence-electron chi connectivity index (χ2n) is 10.3. The maximum absolute atomic E-state index is 5.67. The van der Waals surface area contributed by atoms with Gasteiger partial charge in [-0.25, -0.2) is 0 Å². The number of methoxy groups -OCH3 is 1. The van der Waals surface area contributed by atoms with Crippen LogP contribution in [0.25, 0.3) is 21.9 Å². The normalized spacial score (nSPS) is 12.0. The number of ether oxygens (including phenoxy) is 1. The molecule has 0 bridgehead atoms. The van der Waals surface area contributed by atoms with Crippen LogP contribution in [0.15, 0.2) is 78.8 Å². The van der Waals surface area contributed by atoms with Crippen LogP contribution in [0.1, 0.15) is 50.9 Å². The van der Waals surface area contributed by atoms with Gasteiger partial charge >= 0.3 is 0 Å². The molecule has 0 aliphatic heterocycles. The van der Waals surface area contributed by atoms with E-state index in [0.29, 0.717) is 0 Å². The Morgan fingerprint density at radius 2 is 1.64 bits per heavy atom. The summed E-state index contributed by atoms with van der Waals surface area (Å²) in [6, 6.07) is 21.4. The van der Waals surface area contributed by atoms with Crippen molar-refractivity contribution >= 4 is 22.1 Å². The maximum atomic E-state index is 5.67. The zero-order chi connectivity index (χ0) is 25.9. The number of rotatable bonds is 7. The van der Waals surface area contributed by atoms with E-state index in [1.807, 2.05) is 19.2 Å². The van der Waals surface area contributed by atoms with Gasteiger partial charge < -0.3 is 15.4 Å². The number of aromatic nitrogens is 1. The lowest BCUT2D eigenvalue weighted by Gasteiger charge is -2.23. The van der Waals surface area contributed by atoms with Gasteiger partial charge in [0.25, 0.3) is 0 Å². The van der Waals surface area contributed by atoms with E-state index in [4.69, 9.17) is 4.74 Å². The number of anilines is 2. The van der Waals surface area contributed by atoms with Crippen LogP contribution in [0.2, 0.25) is 0 Å². The van der Waals surface area contributed by atoms with E-state index in [-0.39, 0.29) is 5.41 Å². The number of benzene rings is 3. The van der Waals surface area contributed by atoms with E-state index >= 15 is 0 Å². The predicted octanol–water partition coefficient (Wildman–Crippen LogP) is 8.60. The largest absolute Gasteiger partial charge is 0.495 e. The molecule has 1 aromatic heterocycles. The van der Waals surface area contributed by atoms with E-state index in [2.05, 4.69) is 111 Å². The third-order valence-electron chi connectivity index (χ3n) is 6.59. The molecule has 4 rings (SSSR count). The zero-order valence-electron chi connectivity index (χ0n) is 22.5. The fourth-order valence-electron chi connectivity index (χ4n) is 4.35. The van der Waals surface area contributed by atoms with Gasteiger partial charge in [-0.1, -0.05) is 64.1 Å². The number of hydrogen-bond donors (Lipinski definition) is 2. The smallest absolute Gasteiger partial charge is 0.142 e. The molecule has 0 fully saturated rings. The van der Waals surface area contributed by atoms with E-state index in [1.165, 1.54) is 22.1 Å². The van der Waals surface area contributed by atoms with Gasteiger partial charge in [-0.05, 0) is 78.1 Å². The number of aryl methyl sites for hydroxylation is 2. The van der Waals surface area contributed by atoms with Crippen molar-refractivity contribution in [1.82, 2.24) is 4.98 Å². The molecule has 0 amide bonds. The highest BCUT2D eigenvalue weighted by molar-refractivity contribution is 6.03. The molecule has 186 valence electrons. The number of fused-ring (bicyclic) bond motifs is 1. The van der Waals surface area contributed by atoms with Crippen molar-refractivity contribution < 1.29 is 4.74 Å². The van der Waals surface area contributed by atoms with Gasteiger partial charge in [-0.2, -0.15) is 0 Å². The molecular formula is C32H37N3O. The second kappa shape index (κ2) is 10.4. The molecule has 2 N–H and O–H groups in total. The Balaban J connectivity index is 1.73. The Morgan fingerprint density at radius 3 is 2.31 bits per heavy atom. The van der Waals surface area contributed by atoms with Crippen molar-refractivity contribution in [1.29, 1.82) is 0 Å². The first-order valence-corrected chi connectivity index (χ1v) is 12.6. The van der Waals surface area contributed by atoms with Crippen LogP contribution in [0, 0.1) is 13.8 Å². The number of pyridine rings is 1. The molecule has 1 heterocycles. The molecule has 4 heteroatoms. The zero-order valence-corrected chi connectivity index (χ0v) is 22.5. The van der Waals surface area contributed by atoms with Gasteiger partial charge in [0.15, 0.2) is 0 Å². The van der Waals surface area contributed by atoms with Crippen molar-refractivity contribution in [2.45, 2.75) is 53.4 Å². The highest BCUT2D eigenvalue weighted by atomic mass is 16.5. The van der Waals surface area contributed by atoms with Gasteiger partial charge in [-0.3, -0.25) is 4.98 Å². The molecule has 0 unspecified atom stereocenters. The van der Waals surface area contributed by atoms with E-state index in [9.17, 15) is 0 Å². The van der Waals surface area contributed by atoms with Gasteiger partial charge in [-0.15, -0.1) is 0 Å². The average molecular weight is 480 g/mol. The van der Waals surface area contributed by atoms with Crippen LogP contribution < -0.4 is 15.4 Å². The maximum Gasteiger partial charge on any atom is 0.142 e. The van der Waals surface area contributed by atoms with Crippen LogP contribution in [0.5, 0.6) is 5.75 Å². The fraction of sp³-hybridized carbons (Fsp3) is 0.281. The minimum Gasteiger partial charge on any atom is -0.495 e. The summed E-state index contributed by atoms with van der Waals surface area (Å²) in [6.07, 6.45) is 5.02. The summed E-state index contributed by atoms with van der Waals surface area (Å²) in [5.41, 5.74) is 7.85. The van der Waals surface area contributed by atoms with E-state index in [1.54, 1.807) is 7.11 Å².